The molecule has 0 spiro atoms. The Balaban J connectivity index is 1.68. The molecule has 2 aromatic carbocycles. The van der Waals surface area contributed by atoms with Gasteiger partial charge in [0.1, 0.15) is 12.4 Å². The van der Waals surface area contributed by atoms with Gasteiger partial charge in [0.05, 0.1) is 11.0 Å². The van der Waals surface area contributed by atoms with E-state index in [1.807, 2.05) is 90.6 Å². The van der Waals surface area contributed by atoms with Crippen LogP contribution in [-0.4, -0.2) is 44.9 Å². The van der Waals surface area contributed by atoms with E-state index in [1.165, 1.54) is 0 Å². The fraction of sp³-hybridized carbons (Fsp3) is 0.400. The van der Waals surface area contributed by atoms with Gasteiger partial charge in [-0.1, -0.05) is 28.1 Å². The van der Waals surface area contributed by atoms with E-state index >= 15 is 0 Å². The van der Waals surface area contributed by atoms with Gasteiger partial charge in [-0.05, 0) is 64.1 Å². The Labute approximate surface area is 197 Å². The quantitative estimate of drug-likeness (QED) is 0.484. The number of amides is 2. The molecule has 0 radical (unpaired) electrons. The number of hydrogen-bond acceptors (Lipinski definition) is 3. The molecule has 0 N–H and O–H groups in total. The number of rotatable bonds is 6. The maximum Gasteiger partial charge on any atom is 0.243 e. The van der Waals surface area contributed by atoms with Gasteiger partial charge in [-0.15, -0.1) is 0 Å². The van der Waals surface area contributed by atoms with Gasteiger partial charge < -0.3 is 14.4 Å². The zero-order valence-electron chi connectivity index (χ0n) is 19.0. The van der Waals surface area contributed by atoms with E-state index in [4.69, 9.17) is 4.98 Å². The van der Waals surface area contributed by atoms with Crippen molar-refractivity contribution in [3.8, 4) is 0 Å². The Morgan fingerprint density at radius 3 is 2.41 bits per heavy atom. The van der Waals surface area contributed by atoms with Gasteiger partial charge in [0.15, 0.2) is 0 Å². The van der Waals surface area contributed by atoms with Crippen molar-refractivity contribution in [1.82, 2.24) is 14.5 Å². The van der Waals surface area contributed by atoms with Crippen LogP contribution in [0.15, 0.2) is 53.0 Å². The maximum atomic E-state index is 13.3. The topological polar surface area (TPSA) is 58.4 Å². The average molecular weight is 497 g/mol. The molecule has 32 heavy (non-hydrogen) atoms. The number of halogens is 1. The Morgan fingerprint density at radius 1 is 1.09 bits per heavy atom. The number of hydrogen-bond donors (Lipinski definition) is 0. The van der Waals surface area contributed by atoms with Crippen LogP contribution in [0.25, 0.3) is 11.0 Å². The lowest BCUT2D eigenvalue weighted by atomic mass is 10.1. The molecule has 3 aromatic rings. The Kier molecular flexibility index (Phi) is 6.38. The van der Waals surface area contributed by atoms with E-state index in [-0.39, 0.29) is 36.4 Å². The molecule has 1 aliphatic heterocycles. The van der Waals surface area contributed by atoms with Gasteiger partial charge in [0.25, 0.3) is 0 Å². The highest BCUT2D eigenvalue weighted by atomic mass is 79.9. The summed E-state index contributed by atoms with van der Waals surface area (Å²) >= 11 is 3.45. The molecule has 1 saturated heterocycles. The lowest BCUT2D eigenvalue weighted by Gasteiger charge is -2.31. The Bertz CT molecular complexity index is 1130. The fourth-order valence-electron chi connectivity index (χ4n) is 4.71. The molecule has 0 aliphatic carbocycles. The molecule has 1 aromatic heterocycles. The lowest BCUT2D eigenvalue weighted by Crippen LogP contribution is -2.44. The summed E-state index contributed by atoms with van der Waals surface area (Å²) in [5.41, 5.74) is 2.66. The number of nitrogens with zero attached hydrogens (tertiary/aromatic N) is 4. The third-order valence-corrected chi connectivity index (χ3v) is 6.54. The third kappa shape index (κ3) is 4.31. The molecular formula is C25H29BrN4O2. The number of fused-ring (bicyclic) bond motifs is 1. The van der Waals surface area contributed by atoms with Crippen LogP contribution in [-0.2, 0) is 16.1 Å². The first-order chi connectivity index (χ1) is 15.3. The van der Waals surface area contributed by atoms with Crippen molar-refractivity contribution >= 4 is 44.5 Å². The van der Waals surface area contributed by atoms with Crippen molar-refractivity contribution in [2.75, 3.05) is 11.4 Å². The van der Waals surface area contributed by atoms with Crippen molar-refractivity contribution in [1.29, 1.82) is 0 Å². The summed E-state index contributed by atoms with van der Waals surface area (Å²) in [6.07, 6.45) is 0.381. The number of benzene rings is 2. The van der Waals surface area contributed by atoms with Gasteiger partial charge in [-0.2, -0.15) is 0 Å². The van der Waals surface area contributed by atoms with Gasteiger partial charge in [-0.3, -0.25) is 9.59 Å². The van der Waals surface area contributed by atoms with E-state index in [0.29, 0.717) is 13.0 Å². The van der Waals surface area contributed by atoms with E-state index < -0.39 is 0 Å². The van der Waals surface area contributed by atoms with Crippen LogP contribution < -0.4 is 4.90 Å². The summed E-state index contributed by atoms with van der Waals surface area (Å²) in [4.78, 5) is 34.8. The molecule has 7 heteroatoms. The second-order valence-corrected chi connectivity index (χ2v) is 9.83. The van der Waals surface area contributed by atoms with Crippen molar-refractivity contribution in [2.45, 2.75) is 58.7 Å². The van der Waals surface area contributed by atoms with Crippen LogP contribution in [0.1, 0.15) is 45.9 Å². The van der Waals surface area contributed by atoms with E-state index in [0.717, 1.165) is 27.0 Å². The standard InChI is InChI=1S/C25H29BrN4O2/c1-16(2)30(17(3)4)24(32)15-29-22-8-6-5-7-21(22)27-25(29)18-13-23(31)28(14-18)20-11-9-19(26)10-12-20/h5-12,16-18H,13-15H2,1-4H3. The largest absolute Gasteiger partial charge is 0.336 e. The first-order valence-corrected chi connectivity index (χ1v) is 11.9. The number of anilines is 1. The van der Waals surface area contributed by atoms with Crippen LogP contribution in [0, 0.1) is 0 Å². The summed E-state index contributed by atoms with van der Waals surface area (Å²) in [7, 11) is 0. The first-order valence-electron chi connectivity index (χ1n) is 11.1. The normalized spacial score (nSPS) is 16.5. The van der Waals surface area contributed by atoms with Gasteiger partial charge in [0, 0.05) is 41.1 Å². The van der Waals surface area contributed by atoms with Gasteiger partial charge in [-0.25, -0.2) is 4.98 Å². The zero-order chi connectivity index (χ0) is 23.0. The highest BCUT2D eigenvalue weighted by molar-refractivity contribution is 9.10. The molecule has 6 nitrogen and oxygen atoms in total. The van der Waals surface area contributed by atoms with Crippen LogP contribution in [0.2, 0.25) is 0 Å². The number of imidazole rings is 1. The molecule has 4 rings (SSSR count). The minimum absolute atomic E-state index is 0.0634. The van der Waals surface area contributed by atoms with Crippen molar-refractivity contribution in [2.24, 2.45) is 0 Å². The average Bonchev–Trinajstić information content (AvgIpc) is 3.29. The summed E-state index contributed by atoms with van der Waals surface area (Å²) in [5.74, 6) is 0.875. The minimum Gasteiger partial charge on any atom is -0.336 e. The third-order valence-electron chi connectivity index (χ3n) is 6.01. The molecule has 1 atom stereocenters. The Hall–Kier alpha value is -2.67. The number of carbonyl (C=O) groups excluding carboxylic acids is 2. The lowest BCUT2D eigenvalue weighted by molar-refractivity contribution is -0.135. The van der Waals surface area contributed by atoms with Crippen LogP contribution >= 0.6 is 15.9 Å². The predicted molar refractivity (Wildman–Crippen MR) is 131 cm³/mol. The van der Waals surface area contributed by atoms with Gasteiger partial charge in [0.2, 0.25) is 11.8 Å². The predicted octanol–water partition coefficient (Wildman–Crippen LogP) is 4.96. The number of para-hydroxylation sites is 2. The smallest absolute Gasteiger partial charge is 0.243 e. The highest BCUT2D eigenvalue weighted by Gasteiger charge is 2.35. The molecule has 2 heterocycles. The molecule has 0 bridgehead atoms. The van der Waals surface area contributed by atoms with Crippen molar-refractivity contribution in [3.63, 3.8) is 0 Å². The summed E-state index contributed by atoms with van der Waals surface area (Å²) in [6, 6.07) is 15.9. The summed E-state index contributed by atoms with van der Waals surface area (Å²) < 4.78 is 2.99. The summed E-state index contributed by atoms with van der Waals surface area (Å²) in [6.45, 7) is 8.92. The first kappa shape index (κ1) is 22.5. The highest BCUT2D eigenvalue weighted by Crippen LogP contribution is 2.33. The van der Waals surface area contributed by atoms with Crippen molar-refractivity contribution < 1.29 is 9.59 Å². The second-order valence-electron chi connectivity index (χ2n) is 8.92. The number of carbonyl (C=O) groups is 2. The zero-order valence-corrected chi connectivity index (χ0v) is 20.5. The molecule has 168 valence electrons. The second kappa shape index (κ2) is 9.06. The maximum absolute atomic E-state index is 13.3. The fourth-order valence-corrected chi connectivity index (χ4v) is 4.98. The van der Waals surface area contributed by atoms with E-state index in [2.05, 4.69) is 15.9 Å². The summed E-state index contributed by atoms with van der Waals surface area (Å²) in [5, 5.41) is 0. The molecule has 2 amide bonds. The van der Waals surface area contributed by atoms with Crippen LogP contribution in [0.5, 0.6) is 0 Å². The SMILES string of the molecule is CC(C)N(C(=O)Cn1c(C2CC(=O)N(c3ccc(Br)cc3)C2)nc2ccccc21)C(C)C. The molecule has 1 fully saturated rings. The van der Waals surface area contributed by atoms with Crippen LogP contribution in [0.4, 0.5) is 5.69 Å². The monoisotopic (exact) mass is 496 g/mol. The van der Waals surface area contributed by atoms with E-state index in [1.54, 1.807) is 0 Å². The molecule has 1 unspecified atom stereocenters. The van der Waals surface area contributed by atoms with Crippen LogP contribution in [0.3, 0.4) is 0 Å². The Morgan fingerprint density at radius 2 is 1.75 bits per heavy atom. The molecule has 0 saturated carbocycles. The van der Waals surface area contributed by atoms with E-state index in [9.17, 15) is 9.59 Å². The molecular weight excluding hydrogens is 468 g/mol. The van der Waals surface area contributed by atoms with Gasteiger partial charge >= 0.3 is 0 Å². The molecule has 1 aliphatic rings. The minimum atomic E-state index is -0.0714. The number of aromatic nitrogens is 2. The van der Waals surface area contributed by atoms with Crippen molar-refractivity contribution in [3.05, 3.63) is 58.8 Å².